The molecule has 0 saturated carbocycles. The maximum atomic E-state index is 5.64. The summed E-state index contributed by atoms with van der Waals surface area (Å²) in [6, 6.07) is 19.1. The molecule has 2 aromatic carbocycles. The molecule has 28 heavy (non-hydrogen) atoms. The number of ether oxygens (including phenoxy) is 2. The second-order valence-corrected chi connectivity index (χ2v) is 7.25. The zero-order valence-corrected chi connectivity index (χ0v) is 16.5. The first kappa shape index (κ1) is 18.6. The normalized spacial score (nSPS) is 19.6. The maximum absolute atomic E-state index is 5.64. The molecule has 2 atom stereocenters. The smallest absolute Gasteiger partial charge is 0.161 e. The van der Waals surface area contributed by atoms with E-state index in [0.29, 0.717) is 18.4 Å². The van der Waals surface area contributed by atoms with Gasteiger partial charge >= 0.3 is 0 Å². The predicted molar refractivity (Wildman–Crippen MR) is 110 cm³/mol. The van der Waals surface area contributed by atoms with Gasteiger partial charge < -0.3 is 9.47 Å². The van der Waals surface area contributed by atoms with E-state index in [2.05, 4.69) is 63.6 Å². The highest BCUT2D eigenvalue weighted by atomic mass is 16.5. The van der Waals surface area contributed by atoms with E-state index in [1.54, 1.807) is 7.11 Å². The first-order valence-corrected chi connectivity index (χ1v) is 9.84. The minimum absolute atomic E-state index is 0.412. The second kappa shape index (κ2) is 8.48. The van der Waals surface area contributed by atoms with Gasteiger partial charge in [0.15, 0.2) is 11.5 Å². The van der Waals surface area contributed by atoms with Crippen molar-refractivity contribution < 1.29 is 9.47 Å². The zero-order valence-electron chi connectivity index (χ0n) is 16.5. The van der Waals surface area contributed by atoms with Crippen LogP contribution in [-0.4, -0.2) is 41.9 Å². The molecule has 0 unspecified atom stereocenters. The summed E-state index contributed by atoms with van der Waals surface area (Å²) in [6.45, 7) is 5.51. The first-order valence-electron chi connectivity index (χ1n) is 9.84. The van der Waals surface area contributed by atoms with Crippen LogP contribution in [0, 0.1) is 0 Å². The van der Waals surface area contributed by atoms with Crippen LogP contribution in [-0.2, 0) is 6.54 Å². The number of nitrogens with one attached hydrogen (secondary N) is 1. The molecule has 1 N–H and O–H groups in total. The van der Waals surface area contributed by atoms with Crippen LogP contribution >= 0.6 is 0 Å². The highest BCUT2D eigenvalue weighted by Gasteiger charge is 2.35. The third-order valence-electron chi connectivity index (χ3n) is 5.48. The fourth-order valence-corrected chi connectivity index (χ4v) is 4.18. The van der Waals surface area contributed by atoms with E-state index < -0.39 is 0 Å². The molecule has 4 rings (SSSR count). The Labute approximate surface area is 166 Å². The second-order valence-electron chi connectivity index (χ2n) is 7.25. The topological polar surface area (TPSA) is 50.4 Å². The summed E-state index contributed by atoms with van der Waals surface area (Å²) < 4.78 is 11.2. The van der Waals surface area contributed by atoms with E-state index in [1.165, 1.54) is 16.8 Å². The van der Waals surface area contributed by atoms with Crippen LogP contribution in [0.5, 0.6) is 11.5 Å². The van der Waals surface area contributed by atoms with Crippen molar-refractivity contribution in [3.63, 3.8) is 0 Å². The van der Waals surface area contributed by atoms with Crippen molar-refractivity contribution in [1.29, 1.82) is 0 Å². The molecule has 0 radical (unpaired) electrons. The molecule has 1 aliphatic heterocycles. The van der Waals surface area contributed by atoms with Gasteiger partial charge in [-0.1, -0.05) is 36.4 Å². The number of aromatic nitrogens is 2. The van der Waals surface area contributed by atoms with Gasteiger partial charge in [-0.05, 0) is 36.2 Å². The van der Waals surface area contributed by atoms with Crippen LogP contribution in [0.1, 0.15) is 35.6 Å². The van der Waals surface area contributed by atoms with Gasteiger partial charge in [-0.3, -0.25) is 10.00 Å². The zero-order chi connectivity index (χ0) is 19.3. The molecule has 0 amide bonds. The Bertz CT molecular complexity index is 880. The summed E-state index contributed by atoms with van der Waals surface area (Å²) >= 11 is 0. The van der Waals surface area contributed by atoms with Gasteiger partial charge in [-0.2, -0.15) is 5.10 Å². The monoisotopic (exact) mass is 377 g/mol. The number of aromatic amines is 1. The highest BCUT2D eigenvalue weighted by molar-refractivity contribution is 5.43. The lowest BCUT2D eigenvalue weighted by molar-refractivity contribution is 0.306. The van der Waals surface area contributed by atoms with Gasteiger partial charge in [0.2, 0.25) is 0 Å². The number of hydrogen-bond acceptors (Lipinski definition) is 4. The van der Waals surface area contributed by atoms with Crippen LogP contribution in [0.15, 0.2) is 60.8 Å². The van der Waals surface area contributed by atoms with Crippen molar-refractivity contribution in [2.45, 2.75) is 25.3 Å². The lowest BCUT2D eigenvalue weighted by Crippen LogP contribution is -2.20. The van der Waals surface area contributed by atoms with E-state index in [9.17, 15) is 0 Å². The predicted octanol–water partition coefficient (Wildman–Crippen LogP) is 4.20. The highest BCUT2D eigenvalue weighted by Crippen LogP contribution is 2.39. The molecule has 5 nitrogen and oxygen atoms in total. The Balaban J connectivity index is 1.54. The fraction of sp³-hybridized carbons (Fsp3) is 0.348. The van der Waals surface area contributed by atoms with Crippen molar-refractivity contribution in [3.8, 4) is 11.5 Å². The minimum atomic E-state index is 0.412. The van der Waals surface area contributed by atoms with E-state index in [1.807, 2.05) is 19.2 Å². The van der Waals surface area contributed by atoms with Gasteiger partial charge in [0.05, 0.1) is 13.7 Å². The molecule has 146 valence electrons. The summed E-state index contributed by atoms with van der Waals surface area (Å²) in [4.78, 5) is 2.51. The molecular weight excluding hydrogens is 350 g/mol. The fourth-order valence-electron chi connectivity index (χ4n) is 4.18. The minimum Gasteiger partial charge on any atom is -0.493 e. The van der Waals surface area contributed by atoms with Crippen molar-refractivity contribution in [3.05, 3.63) is 77.6 Å². The lowest BCUT2D eigenvalue weighted by atomic mass is 9.87. The van der Waals surface area contributed by atoms with Crippen molar-refractivity contribution >= 4 is 0 Å². The Kier molecular flexibility index (Phi) is 5.63. The van der Waals surface area contributed by atoms with Gasteiger partial charge in [0, 0.05) is 43.4 Å². The third kappa shape index (κ3) is 3.90. The Hall–Kier alpha value is -2.79. The Morgan fingerprint density at radius 3 is 2.57 bits per heavy atom. The summed E-state index contributed by atoms with van der Waals surface area (Å²) in [6.07, 6.45) is 1.84. The van der Waals surface area contributed by atoms with Crippen LogP contribution in [0.3, 0.4) is 0 Å². The summed E-state index contributed by atoms with van der Waals surface area (Å²) in [5.41, 5.74) is 3.83. The first-order chi connectivity index (χ1) is 13.8. The number of nitrogens with zero attached hydrogens (tertiary/aromatic N) is 2. The average Bonchev–Trinajstić information content (AvgIpc) is 3.40. The molecule has 1 aromatic heterocycles. The van der Waals surface area contributed by atoms with E-state index >= 15 is 0 Å². The summed E-state index contributed by atoms with van der Waals surface area (Å²) in [7, 11) is 1.69. The third-order valence-corrected chi connectivity index (χ3v) is 5.48. The van der Waals surface area contributed by atoms with Crippen LogP contribution in [0.2, 0.25) is 0 Å². The Morgan fingerprint density at radius 1 is 1.04 bits per heavy atom. The molecule has 3 aromatic rings. The molecule has 0 spiro atoms. The van der Waals surface area contributed by atoms with Crippen molar-refractivity contribution in [2.24, 2.45) is 0 Å². The number of benzene rings is 2. The van der Waals surface area contributed by atoms with Gasteiger partial charge in [0.25, 0.3) is 0 Å². The summed E-state index contributed by atoms with van der Waals surface area (Å²) in [5, 5.41) is 7.37. The molecule has 1 fully saturated rings. The van der Waals surface area contributed by atoms with Crippen molar-refractivity contribution in [2.75, 3.05) is 26.8 Å². The average molecular weight is 377 g/mol. The van der Waals surface area contributed by atoms with Gasteiger partial charge in [-0.15, -0.1) is 0 Å². The molecule has 2 heterocycles. The number of likely N-dealkylation sites (tertiary alicyclic amines) is 1. The Morgan fingerprint density at radius 2 is 1.86 bits per heavy atom. The van der Waals surface area contributed by atoms with Crippen LogP contribution in [0.25, 0.3) is 0 Å². The lowest BCUT2D eigenvalue weighted by Gasteiger charge is -2.17. The molecule has 0 aliphatic carbocycles. The van der Waals surface area contributed by atoms with E-state index in [-0.39, 0.29) is 0 Å². The summed E-state index contributed by atoms with van der Waals surface area (Å²) in [5.74, 6) is 2.46. The van der Waals surface area contributed by atoms with E-state index in [0.717, 1.165) is 31.1 Å². The van der Waals surface area contributed by atoms with Crippen LogP contribution in [0.4, 0.5) is 0 Å². The molecule has 1 saturated heterocycles. The molecule has 1 aliphatic rings. The van der Waals surface area contributed by atoms with Gasteiger partial charge in [-0.25, -0.2) is 0 Å². The SMILES string of the molecule is CCOc1ccc(CN2C[C@@H](c3ccccc3)[C@H](c3ccn[nH]3)C2)cc1OC. The largest absolute Gasteiger partial charge is 0.493 e. The number of H-pyrrole nitrogens is 1. The van der Waals surface area contributed by atoms with E-state index in [4.69, 9.17) is 9.47 Å². The molecule has 0 bridgehead atoms. The van der Waals surface area contributed by atoms with Gasteiger partial charge in [0.1, 0.15) is 0 Å². The standard InChI is InChI=1S/C23H27N3O2/c1-3-28-22-10-9-17(13-23(22)27-2)14-26-15-19(18-7-5-4-6-8-18)20(16-26)21-11-12-24-25-21/h4-13,19-20H,3,14-16H2,1-2H3,(H,24,25)/t19-,20+/m0/s1. The molecular formula is C23H27N3O2. The maximum Gasteiger partial charge on any atom is 0.161 e. The number of hydrogen-bond donors (Lipinski definition) is 1. The quantitative estimate of drug-likeness (QED) is 0.670. The van der Waals surface area contributed by atoms with Crippen molar-refractivity contribution in [1.82, 2.24) is 15.1 Å². The molecule has 5 heteroatoms. The number of methoxy groups -OCH3 is 1. The van der Waals surface area contributed by atoms with Crippen LogP contribution < -0.4 is 9.47 Å². The number of rotatable bonds is 7.